The van der Waals surface area contributed by atoms with Crippen molar-refractivity contribution < 1.29 is 18.3 Å². The molecule has 0 aliphatic carbocycles. The van der Waals surface area contributed by atoms with Crippen LogP contribution < -0.4 is 10.5 Å². The van der Waals surface area contributed by atoms with Crippen molar-refractivity contribution in [3.8, 4) is 5.75 Å². The van der Waals surface area contributed by atoms with Crippen molar-refractivity contribution >= 4 is 5.91 Å². The number of halogens is 2. The van der Waals surface area contributed by atoms with Gasteiger partial charge in [-0.2, -0.15) is 0 Å². The van der Waals surface area contributed by atoms with Gasteiger partial charge < -0.3 is 15.4 Å². The number of hydrogen-bond donors (Lipinski definition) is 1. The van der Waals surface area contributed by atoms with Gasteiger partial charge in [0.15, 0.2) is 17.7 Å². The minimum absolute atomic E-state index is 0.0530. The summed E-state index contributed by atoms with van der Waals surface area (Å²) in [6, 6.07) is 3.39. The Bertz CT molecular complexity index is 524. The fourth-order valence-electron chi connectivity index (χ4n) is 2.57. The summed E-state index contributed by atoms with van der Waals surface area (Å²) in [4.78, 5) is 14.1. The minimum atomic E-state index is -0.996. The lowest BCUT2D eigenvalue weighted by molar-refractivity contribution is -0.141. The molecule has 0 aromatic heterocycles. The molecule has 1 amide bonds. The number of carbonyl (C=O) groups excluding carboxylic acids is 1. The number of nitrogens with two attached hydrogens (primary N) is 1. The average molecular weight is 298 g/mol. The highest BCUT2D eigenvalue weighted by Crippen LogP contribution is 2.20. The molecular formula is C15H20F2N2O2. The van der Waals surface area contributed by atoms with Crippen molar-refractivity contribution in [2.75, 3.05) is 6.54 Å². The van der Waals surface area contributed by atoms with Gasteiger partial charge in [-0.1, -0.05) is 0 Å². The molecule has 0 saturated carbocycles. The zero-order valence-electron chi connectivity index (χ0n) is 12.2. The Kier molecular flexibility index (Phi) is 4.77. The molecule has 1 saturated heterocycles. The van der Waals surface area contributed by atoms with E-state index in [1.165, 1.54) is 6.07 Å². The van der Waals surface area contributed by atoms with Crippen LogP contribution in [-0.2, 0) is 4.79 Å². The minimum Gasteiger partial charge on any atom is -0.481 e. The predicted molar refractivity (Wildman–Crippen MR) is 74.8 cm³/mol. The van der Waals surface area contributed by atoms with Crippen molar-refractivity contribution in [2.24, 2.45) is 5.73 Å². The standard InChI is InChI=1S/C15H20F2N2O2/c1-9-7-11(18)5-6-19(9)15(20)10(2)21-12-3-4-13(16)14(17)8-12/h3-4,8-11H,5-7,18H2,1-2H3/t9-,10+,11+/m1/s1. The second-order valence-electron chi connectivity index (χ2n) is 5.50. The third-order valence-corrected chi connectivity index (χ3v) is 3.75. The molecule has 0 bridgehead atoms. The van der Waals surface area contributed by atoms with Gasteiger partial charge in [0.05, 0.1) is 0 Å². The molecule has 0 unspecified atom stereocenters. The molecule has 6 heteroatoms. The summed E-state index contributed by atoms with van der Waals surface area (Å²) in [6.07, 6.45) is 0.754. The number of rotatable bonds is 3. The first-order valence-electron chi connectivity index (χ1n) is 7.06. The van der Waals surface area contributed by atoms with Crippen LogP contribution in [0.15, 0.2) is 18.2 Å². The van der Waals surface area contributed by atoms with Gasteiger partial charge in [0.25, 0.3) is 5.91 Å². The molecule has 116 valence electrons. The molecule has 1 aromatic carbocycles. The van der Waals surface area contributed by atoms with Gasteiger partial charge in [-0.05, 0) is 38.8 Å². The van der Waals surface area contributed by atoms with Crippen molar-refractivity contribution in [1.82, 2.24) is 4.90 Å². The SMILES string of the molecule is C[C@H](Oc1ccc(F)c(F)c1)C(=O)N1CC[C@H](N)C[C@H]1C. The van der Waals surface area contributed by atoms with E-state index >= 15 is 0 Å². The fraction of sp³-hybridized carbons (Fsp3) is 0.533. The van der Waals surface area contributed by atoms with Crippen molar-refractivity contribution in [3.05, 3.63) is 29.8 Å². The van der Waals surface area contributed by atoms with Crippen LogP contribution in [0.5, 0.6) is 5.75 Å². The Morgan fingerprint density at radius 3 is 2.76 bits per heavy atom. The van der Waals surface area contributed by atoms with Gasteiger partial charge in [0, 0.05) is 24.7 Å². The van der Waals surface area contributed by atoms with Crippen molar-refractivity contribution in [3.63, 3.8) is 0 Å². The molecule has 4 nitrogen and oxygen atoms in total. The maximum atomic E-state index is 13.1. The third kappa shape index (κ3) is 3.69. The number of hydrogen-bond acceptors (Lipinski definition) is 3. The van der Waals surface area contributed by atoms with Gasteiger partial charge in [-0.25, -0.2) is 8.78 Å². The number of ether oxygens (including phenoxy) is 1. The number of piperidine rings is 1. The van der Waals surface area contributed by atoms with Gasteiger partial charge >= 0.3 is 0 Å². The molecule has 2 rings (SSSR count). The molecule has 0 radical (unpaired) electrons. The van der Waals surface area contributed by atoms with Crippen molar-refractivity contribution in [1.29, 1.82) is 0 Å². The molecule has 1 fully saturated rings. The van der Waals surface area contributed by atoms with Crippen LogP contribution >= 0.6 is 0 Å². The van der Waals surface area contributed by atoms with Crippen LogP contribution in [0.25, 0.3) is 0 Å². The summed E-state index contributed by atoms with van der Waals surface area (Å²) >= 11 is 0. The molecule has 1 aromatic rings. The van der Waals surface area contributed by atoms with E-state index in [0.29, 0.717) is 6.54 Å². The summed E-state index contributed by atoms with van der Waals surface area (Å²) in [5.74, 6) is -1.97. The van der Waals surface area contributed by atoms with Crippen LogP contribution in [0.4, 0.5) is 8.78 Å². The van der Waals surface area contributed by atoms with Crippen LogP contribution in [0.1, 0.15) is 26.7 Å². The van der Waals surface area contributed by atoms with Crippen LogP contribution in [-0.4, -0.2) is 35.5 Å². The maximum absolute atomic E-state index is 13.1. The predicted octanol–water partition coefficient (Wildman–Crippen LogP) is 2.07. The van der Waals surface area contributed by atoms with Gasteiger partial charge in [0.1, 0.15) is 5.75 Å². The zero-order chi connectivity index (χ0) is 15.6. The van der Waals surface area contributed by atoms with Gasteiger partial charge in [-0.15, -0.1) is 0 Å². The topological polar surface area (TPSA) is 55.6 Å². The summed E-state index contributed by atoms with van der Waals surface area (Å²) in [6.45, 7) is 4.14. The number of nitrogens with zero attached hydrogens (tertiary/aromatic N) is 1. The lowest BCUT2D eigenvalue weighted by Crippen LogP contribution is -2.51. The second-order valence-corrected chi connectivity index (χ2v) is 5.50. The normalized spacial score (nSPS) is 23.8. The van der Waals surface area contributed by atoms with E-state index in [-0.39, 0.29) is 23.7 Å². The summed E-state index contributed by atoms with van der Waals surface area (Å²) in [7, 11) is 0. The van der Waals surface area contributed by atoms with E-state index in [9.17, 15) is 13.6 Å². The smallest absolute Gasteiger partial charge is 0.263 e. The molecule has 1 aliphatic rings. The van der Waals surface area contributed by atoms with Crippen LogP contribution in [0, 0.1) is 11.6 Å². The highest BCUT2D eigenvalue weighted by atomic mass is 19.2. The van der Waals surface area contributed by atoms with E-state index in [1.807, 2.05) is 6.92 Å². The number of benzene rings is 1. The van der Waals surface area contributed by atoms with E-state index in [4.69, 9.17) is 10.5 Å². The highest BCUT2D eigenvalue weighted by molar-refractivity contribution is 5.81. The molecule has 21 heavy (non-hydrogen) atoms. The Hall–Kier alpha value is -1.69. The van der Waals surface area contributed by atoms with Gasteiger partial charge in [0.2, 0.25) is 0 Å². The molecule has 1 heterocycles. The highest BCUT2D eigenvalue weighted by Gasteiger charge is 2.30. The molecule has 0 spiro atoms. The monoisotopic (exact) mass is 298 g/mol. The first-order valence-corrected chi connectivity index (χ1v) is 7.06. The summed E-state index contributed by atoms with van der Waals surface area (Å²) < 4.78 is 31.4. The number of carbonyl (C=O) groups is 1. The molecule has 2 N–H and O–H groups in total. The first-order chi connectivity index (χ1) is 9.88. The fourth-order valence-corrected chi connectivity index (χ4v) is 2.57. The van der Waals surface area contributed by atoms with E-state index in [2.05, 4.69) is 0 Å². The third-order valence-electron chi connectivity index (χ3n) is 3.75. The Labute approximate surface area is 122 Å². The molecule has 3 atom stereocenters. The lowest BCUT2D eigenvalue weighted by atomic mass is 9.98. The average Bonchev–Trinajstić information content (AvgIpc) is 2.42. The van der Waals surface area contributed by atoms with E-state index in [1.54, 1.807) is 11.8 Å². The molecular weight excluding hydrogens is 278 g/mol. The van der Waals surface area contributed by atoms with E-state index < -0.39 is 17.7 Å². The van der Waals surface area contributed by atoms with Crippen LogP contribution in [0.3, 0.4) is 0 Å². The first kappa shape index (κ1) is 15.7. The quantitative estimate of drug-likeness (QED) is 0.929. The lowest BCUT2D eigenvalue weighted by Gasteiger charge is -2.37. The van der Waals surface area contributed by atoms with Crippen molar-refractivity contribution in [2.45, 2.75) is 44.9 Å². The maximum Gasteiger partial charge on any atom is 0.263 e. The van der Waals surface area contributed by atoms with Crippen LogP contribution in [0.2, 0.25) is 0 Å². The number of amides is 1. The Balaban J connectivity index is 2.00. The largest absolute Gasteiger partial charge is 0.481 e. The van der Waals surface area contributed by atoms with E-state index in [0.717, 1.165) is 25.0 Å². The Morgan fingerprint density at radius 1 is 1.43 bits per heavy atom. The van der Waals surface area contributed by atoms with Gasteiger partial charge in [-0.3, -0.25) is 4.79 Å². The summed E-state index contributed by atoms with van der Waals surface area (Å²) in [5, 5.41) is 0. The molecule has 1 aliphatic heterocycles. The number of likely N-dealkylation sites (tertiary alicyclic amines) is 1. The Morgan fingerprint density at radius 2 is 2.14 bits per heavy atom. The zero-order valence-corrected chi connectivity index (χ0v) is 12.2. The summed E-state index contributed by atoms with van der Waals surface area (Å²) in [5.41, 5.74) is 5.87. The second kappa shape index (κ2) is 6.39.